The molecule has 0 amide bonds. The molecular formula is C10H14N2O4. The first kappa shape index (κ1) is 12.4. The summed E-state index contributed by atoms with van der Waals surface area (Å²) < 4.78 is 0. The topological polar surface area (TPSA) is 87.6 Å². The molecule has 0 aromatic heterocycles. The van der Waals surface area contributed by atoms with E-state index in [1.807, 2.05) is 20.8 Å². The second-order valence-electron chi connectivity index (χ2n) is 4.40. The van der Waals surface area contributed by atoms with Crippen LogP contribution in [0.15, 0.2) is 18.2 Å². The molecule has 0 heterocycles. The third-order valence-electron chi connectivity index (χ3n) is 2.11. The summed E-state index contributed by atoms with van der Waals surface area (Å²) in [5, 5.41) is 10.7. The summed E-state index contributed by atoms with van der Waals surface area (Å²) in [5.74, 6) is 4.96. The van der Waals surface area contributed by atoms with Crippen LogP contribution in [0.3, 0.4) is 0 Å². The Hall–Kier alpha value is -1.66. The van der Waals surface area contributed by atoms with Gasteiger partial charge in [-0.1, -0.05) is 25.8 Å². The van der Waals surface area contributed by atoms with Crippen molar-refractivity contribution < 1.29 is 14.8 Å². The van der Waals surface area contributed by atoms with Gasteiger partial charge in [-0.15, -0.1) is 0 Å². The van der Waals surface area contributed by atoms with Gasteiger partial charge in [0.2, 0.25) is 0 Å². The van der Waals surface area contributed by atoms with Gasteiger partial charge in [-0.25, -0.2) is 0 Å². The van der Waals surface area contributed by atoms with Crippen LogP contribution >= 0.6 is 0 Å². The molecule has 0 bridgehead atoms. The number of benzene rings is 1. The van der Waals surface area contributed by atoms with Crippen LogP contribution in [0.2, 0.25) is 0 Å². The van der Waals surface area contributed by atoms with E-state index >= 15 is 0 Å². The summed E-state index contributed by atoms with van der Waals surface area (Å²) in [7, 11) is 0. The first-order valence-corrected chi connectivity index (χ1v) is 4.68. The Balaban J connectivity index is 3.24. The Morgan fingerprint density at radius 1 is 1.31 bits per heavy atom. The van der Waals surface area contributed by atoms with Gasteiger partial charge >= 0.3 is 0 Å². The van der Waals surface area contributed by atoms with Crippen LogP contribution in [0.5, 0.6) is 5.75 Å². The zero-order valence-electron chi connectivity index (χ0n) is 9.39. The van der Waals surface area contributed by atoms with Crippen molar-refractivity contribution in [2.24, 2.45) is 5.90 Å². The molecule has 16 heavy (non-hydrogen) atoms. The van der Waals surface area contributed by atoms with E-state index in [9.17, 15) is 10.1 Å². The highest BCUT2D eigenvalue weighted by Gasteiger charge is 2.19. The van der Waals surface area contributed by atoms with Crippen molar-refractivity contribution in [1.82, 2.24) is 0 Å². The highest BCUT2D eigenvalue weighted by Crippen LogP contribution is 2.30. The van der Waals surface area contributed by atoms with Gasteiger partial charge in [0.1, 0.15) is 0 Å². The summed E-state index contributed by atoms with van der Waals surface area (Å²) >= 11 is 0. The standard InChI is InChI=1S/C10H14N2O4/c1-10(2,3)7-4-8(12(13)14)6-9(5-7)15-16-11/h4-6H,11H2,1-3H3. The molecule has 0 unspecified atom stereocenters. The molecule has 6 heteroatoms. The monoisotopic (exact) mass is 226 g/mol. The Morgan fingerprint density at radius 3 is 2.38 bits per heavy atom. The molecule has 0 saturated carbocycles. The van der Waals surface area contributed by atoms with Crippen LogP contribution in [-0.4, -0.2) is 4.92 Å². The molecule has 0 aliphatic carbocycles. The van der Waals surface area contributed by atoms with E-state index in [0.29, 0.717) is 0 Å². The zero-order chi connectivity index (χ0) is 12.3. The summed E-state index contributed by atoms with van der Waals surface area (Å²) in [6.45, 7) is 5.83. The molecule has 2 N–H and O–H groups in total. The number of hydrogen-bond acceptors (Lipinski definition) is 5. The van der Waals surface area contributed by atoms with E-state index in [2.05, 4.69) is 9.88 Å². The van der Waals surface area contributed by atoms with Crippen LogP contribution < -0.4 is 10.8 Å². The van der Waals surface area contributed by atoms with Crippen molar-refractivity contribution in [3.63, 3.8) is 0 Å². The van der Waals surface area contributed by atoms with E-state index in [1.54, 1.807) is 6.07 Å². The van der Waals surface area contributed by atoms with Crippen LogP contribution in [0, 0.1) is 10.1 Å². The summed E-state index contributed by atoms with van der Waals surface area (Å²) in [4.78, 5) is 18.8. The van der Waals surface area contributed by atoms with Gasteiger partial charge in [0.25, 0.3) is 5.69 Å². The summed E-state index contributed by atoms with van der Waals surface area (Å²) in [6.07, 6.45) is 0. The Labute approximate surface area is 93.0 Å². The number of non-ortho nitro benzene ring substituents is 1. The summed E-state index contributed by atoms with van der Waals surface area (Å²) in [6, 6.07) is 4.41. The minimum absolute atomic E-state index is 0.0560. The average molecular weight is 226 g/mol. The molecule has 0 saturated heterocycles. The maximum atomic E-state index is 10.7. The van der Waals surface area contributed by atoms with Crippen LogP contribution in [-0.2, 0) is 10.4 Å². The number of nitro groups is 1. The van der Waals surface area contributed by atoms with Gasteiger partial charge < -0.3 is 4.89 Å². The molecule has 6 nitrogen and oxygen atoms in total. The normalized spacial score (nSPS) is 11.2. The lowest BCUT2D eigenvalue weighted by molar-refractivity contribution is -0.385. The molecule has 0 atom stereocenters. The van der Waals surface area contributed by atoms with Gasteiger partial charge in [0, 0.05) is 6.07 Å². The van der Waals surface area contributed by atoms with Crippen molar-refractivity contribution in [1.29, 1.82) is 0 Å². The fourth-order valence-corrected chi connectivity index (χ4v) is 1.23. The second kappa shape index (κ2) is 4.46. The van der Waals surface area contributed by atoms with E-state index in [0.717, 1.165) is 5.56 Å². The SMILES string of the molecule is CC(C)(C)c1cc(OON)cc([N+](=O)[O-])c1. The number of nitro benzene ring substituents is 1. The Bertz CT molecular complexity index is 398. The molecule has 0 radical (unpaired) electrons. The Morgan fingerprint density at radius 2 is 1.94 bits per heavy atom. The quantitative estimate of drug-likeness (QED) is 0.484. The van der Waals surface area contributed by atoms with E-state index in [1.165, 1.54) is 12.1 Å². The first-order chi connectivity index (χ1) is 7.34. The van der Waals surface area contributed by atoms with E-state index in [-0.39, 0.29) is 16.9 Å². The van der Waals surface area contributed by atoms with Crippen molar-refractivity contribution >= 4 is 5.69 Å². The third kappa shape index (κ3) is 2.91. The second-order valence-corrected chi connectivity index (χ2v) is 4.40. The zero-order valence-corrected chi connectivity index (χ0v) is 9.39. The van der Waals surface area contributed by atoms with Gasteiger partial charge in [0.15, 0.2) is 5.75 Å². The van der Waals surface area contributed by atoms with Crippen LogP contribution in [0.4, 0.5) is 5.69 Å². The molecular weight excluding hydrogens is 212 g/mol. The summed E-state index contributed by atoms with van der Waals surface area (Å²) in [5.41, 5.74) is 0.492. The van der Waals surface area contributed by atoms with Crippen molar-refractivity contribution in [3.05, 3.63) is 33.9 Å². The number of nitrogens with zero attached hydrogens (tertiary/aromatic N) is 1. The minimum Gasteiger partial charge on any atom is -0.319 e. The molecule has 88 valence electrons. The molecule has 0 fully saturated rings. The minimum atomic E-state index is -0.487. The molecule has 1 rings (SSSR count). The Kier molecular flexibility index (Phi) is 3.46. The predicted molar refractivity (Wildman–Crippen MR) is 57.7 cm³/mol. The van der Waals surface area contributed by atoms with Crippen molar-refractivity contribution in [2.45, 2.75) is 26.2 Å². The lowest BCUT2D eigenvalue weighted by Gasteiger charge is -2.19. The molecule has 1 aromatic carbocycles. The molecule has 0 spiro atoms. The third-order valence-corrected chi connectivity index (χ3v) is 2.11. The highest BCUT2D eigenvalue weighted by atomic mass is 17.3. The first-order valence-electron chi connectivity index (χ1n) is 4.68. The molecule has 1 aromatic rings. The predicted octanol–water partition coefficient (Wildman–Crippen LogP) is 2.08. The van der Waals surface area contributed by atoms with Crippen LogP contribution in [0.1, 0.15) is 26.3 Å². The maximum Gasteiger partial charge on any atom is 0.273 e. The van der Waals surface area contributed by atoms with Crippen molar-refractivity contribution in [3.8, 4) is 5.75 Å². The largest absolute Gasteiger partial charge is 0.319 e. The smallest absolute Gasteiger partial charge is 0.273 e. The number of nitrogens with two attached hydrogens (primary N) is 1. The highest BCUT2D eigenvalue weighted by molar-refractivity contribution is 5.44. The maximum absolute atomic E-state index is 10.7. The van der Waals surface area contributed by atoms with E-state index < -0.39 is 4.92 Å². The van der Waals surface area contributed by atoms with Gasteiger partial charge in [-0.05, 0) is 17.0 Å². The fourth-order valence-electron chi connectivity index (χ4n) is 1.23. The molecule has 0 aliphatic rings. The van der Waals surface area contributed by atoms with Gasteiger partial charge in [-0.3, -0.25) is 10.1 Å². The van der Waals surface area contributed by atoms with E-state index in [4.69, 9.17) is 5.90 Å². The van der Waals surface area contributed by atoms with Crippen molar-refractivity contribution in [2.75, 3.05) is 0 Å². The fraction of sp³-hybridized carbons (Fsp3) is 0.400. The lowest BCUT2D eigenvalue weighted by atomic mass is 9.87. The average Bonchev–Trinajstić information content (AvgIpc) is 2.16. The van der Waals surface area contributed by atoms with Gasteiger partial charge in [-0.2, -0.15) is 5.90 Å². The lowest BCUT2D eigenvalue weighted by Crippen LogP contribution is -2.12. The number of rotatable bonds is 3. The number of hydrogen-bond donors (Lipinski definition) is 1. The van der Waals surface area contributed by atoms with Crippen LogP contribution in [0.25, 0.3) is 0 Å². The van der Waals surface area contributed by atoms with Gasteiger partial charge in [0.05, 0.1) is 11.0 Å². The molecule has 0 aliphatic heterocycles.